The molecule has 0 atom stereocenters. The van der Waals surface area contributed by atoms with E-state index in [4.69, 9.17) is 4.74 Å². The van der Waals surface area contributed by atoms with Gasteiger partial charge in [0.25, 0.3) is 0 Å². The van der Waals surface area contributed by atoms with Gasteiger partial charge in [-0.1, -0.05) is 32.9 Å². The number of aromatic nitrogens is 1. The largest absolute Gasteiger partial charge is 0.487 e. The summed E-state index contributed by atoms with van der Waals surface area (Å²) >= 11 is 1.71. The molecule has 0 unspecified atom stereocenters. The number of nitrogens with zero attached hydrogens (tertiary/aromatic N) is 1. The normalized spacial score (nSPS) is 10.9. The Morgan fingerprint density at radius 2 is 1.94 bits per heavy atom. The van der Waals surface area contributed by atoms with Gasteiger partial charge in [0.1, 0.15) is 12.4 Å². The molecule has 18 heavy (non-hydrogen) atoms. The average Bonchev–Trinajstić information content (AvgIpc) is 2.86. The van der Waals surface area contributed by atoms with Crippen molar-refractivity contribution in [3.05, 3.63) is 45.9 Å². The Balaban J connectivity index is 1.93. The van der Waals surface area contributed by atoms with E-state index in [9.17, 15) is 0 Å². The van der Waals surface area contributed by atoms with E-state index >= 15 is 0 Å². The van der Waals surface area contributed by atoms with Gasteiger partial charge < -0.3 is 4.74 Å². The molecular formula is C15H19NOS. The van der Waals surface area contributed by atoms with E-state index in [1.54, 1.807) is 11.3 Å². The zero-order valence-corrected chi connectivity index (χ0v) is 12.0. The lowest BCUT2D eigenvalue weighted by Crippen LogP contribution is -1.96. The van der Waals surface area contributed by atoms with Crippen LogP contribution in [0.4, 0.5) is 0 Å². The molecular weight excluding hydrogens is 242 g/mol. The van der Waals surface area contributed by atoms with Crippen LogP contribution in [0.15, 0.2) is 29.6 Å². The average molecular weight is 261 g/mol. The van der Waals surface area contributed by atoms with Crippen LogP contribution in [0, 0.1) is 0 Å². The van der Waals surface area contributed by atoms with E-state index in [0.717, 1.165) is 17.9 Å². The standard InChI is InChI=1S/C15H19NOS/c1-4-12-5-7-14(8-6-12)17-9-13-10-18-15(16-13)11(2)3/h5-8,10-11H,4,9H2,1-3H3. The summed E-state index contributed by atoms with van der Waals surface area (Å²) in [6, 6.07) is 8.26. The molecule has 0 spiro atoms. The van der Waals surface area contributed by atoms with Gasteiger partial charge in [0.05, 0.1) is 10.7 Å². The number of ether oxygens (including phenoxy) is 1. The fourth-order valence-electron chi connectivity index (χ4n) is 1.63. The Morgan fingerprint density at radius 3 is 2.50 bits per heavy atom. The van der Waals surface area contributed by atoms with Crippen LogP contribution < -0.4 is 4.74 Å². The zero-order chi connectivity index (χ0) is 13.0. The predicted octanol–water partition coefficient (Wildman–Crippen LogP) is 4.41. The van der Waals surface area contributed by atoms with Gasteiger partial charge in [-0.25, -0.2) is 4.98 Å². The minimum absolute atomic E-state index is 0.493. The maximum absolute atomic E-state index is 5.73. The summed E-state index contributed by atoms with van der Waals surface area (Å²) in [5.74, 6) is 1.40. The number of thiazole rings is 1. The first kappa shape index (κ1) is 13.1. The van der Waals surface area contributed by atoms with Crippen molar-refractivity contribution in [2.24, 2.45) is 0 Å². The van der Waals surface area contributed by atoms with E-state index in [2.05, 4.69) is 43.3 Å². The zero-order valence-electron chi connectivity index (χ0n) is 11.1. The summed E-state index contributed by atoms with van der Waals surface area (Å²) < 4.78 is 5.73. The lowest BCUT2D eigenvalue weighted by atomic mass is 10.2. The number of hydrogen-bond acceptors (Lipinski definition) is 3. The summed E-state index contributed by atoms with van der Waals surface area (Å²) in [5, 5.41) is 3.25. The van der Waals surface area contributed by atoms with Crippen LogP contribution in [-0.2, 0) is 13.0 Å². The summed E-state index contributed by atoms with van der Waals surface area (Å²) in [6.07, 6.45) is 1.06. The van der Waals surface area contributed by atoms with Crippen LogP contribution in [0.1, 0.15) is 43.0 Å². The highest BCUT2D eigenvalue weighted by Crippen LogP contribution is 2.20. The van der Waals surface area contributed by atoms with E-state index in [-0.39, 0.29) is 0 Å². The number of benzene rings is 1. The first-order chi connectivity index (χ1) is 8.69. The third-order valence-electron chi connectivity index (χ3n) is 2.78. The SMILES string of the molecule is CCc1ccc(OCc2csc(C(C)C)n2)cc1. The predicted molar refractivity (Wildman–Crippen MR) is 76.4 cm³/mol. The van der Waals surface area contributed by atoms with Crippen molar-refractivity contribution in [1.82, 2.24) is 4.98 Å². The summed E-state index contributed by atoms with van der Waals surface area (Å²) in [5.41, 5.74) is 2.35. The van der Waals surface area contributed by atoms with Crippen molar-refractivity contribution in [2.45, 2.75) is 39.7 Å². The fraction of sp³-hybridized carbons (Fsp3) is 0.400. The van der Waals surface area contributed by atoms with Gasteiger partial charge in [-0.15, -0.1) is 11.3 Å². The second-order valence-electron chi connectivity index (χ2n) is 4.62. The Morgan fingerprint density at radius 1 is 1.22 bits per heavy atom. The van der Waals surface area contributed by atoms with Crippen molar-refractivity contribution >= 4 is 11.3 Å². The van der Waals surface area contributed by atoms with Crippen LogP contribution in [0.25, 0.3) is 0 Å². The quantitative estimate of drug-likeness (QED) is 0.795. The first-order valence-electron chi connectivity index (χ1n) is 6.35. The lowest BCUT2D eigenvalue weighted by Gasteiger charge is -2.05. The Kier molecular flexibility index (Phi) is 4.37. The number of hydrogen-bond donors (Lipinski definition) is 0. The van der Waals surface area contributed by atoms with Crippen molar-refractivity contribution in [3.8, 4) is 5.75 Å². The van der Waals surface area contributed by atoms with Crippen molar-refractivity contribution in [1.29, 1.82) is 0 Å². The molecule has 96 valence electrons. The molecule has 2 rings (SSSR count). The van der Waals surface area contributed by atoms with Crippen LogP contribution in [0.3, 0.4) is 0 Å². The van der Waals surface area contributed by atoms with Crippen molar-refractivity contribution in [2.75, 3.05) is 0 Å². The molecule has 0 bridgehead atoms. The molecule has 1 aromatic heterocycles. The summed E-state index contributed by atoms with van der Waals surface area (Å²) in [4.78, 5) is 4.55. The number of rotatable bonds is 5. The van der Waals surface area contributed by atoms with E-state index < -0.39 is 0 Å². The topological polar surface area (TPSA) is 22.1 Å². The third kappa shape index (κ3) is 3.33. The molecule has 0 aliphatic carbocycles. The molecule has 2 nitrogen and oxygen atoms in total. The smallest absolute Gasteiger partial charge is 0.131 e. The second-order valence-corrected chi connectivity index (χ2v) is 5.51. The summed E-state index contributed by atoms with van der Waals surface area (Å²) in [6.45, 7) is 7.02. The summed E-state index contributed by atoms with van der Waals surface area (Å²) in [7, 11) is 0. The van der Waals surface area contributed by atoms with Crippen molar-refractivity contribution < 1.29 is 4.74 Å². The molecule has 0 amide bonds. The van der Waals surface area contributed by atoms with E-state index in [1.165, 1.54) is 10.6 Å². The monoisotopic (exact) mass is 261 g/mol. The highest BCUT2D eigenvalue weighted by molar-refractivity contribution is 7.09. The molecule has 3 heteroatoms. The highest BCUT2D eigenvalue weighted by Gasteiger charge is 2.06. The molecule has 0 saturated heterocycles. The van der Waals surface area contributed by atoms with Gasteiger partial charge in [-0.2, -0.15) is 0 Å². The minimum Gasteiger partial charge on any atom is -0.487 e. The Labute approximate surface area is 113 Å². The highest BCUT2D eigenvalue weighted by atomic mass is 32.1. The molecule has 0 aliphatic rings. The van der Waals surface area contributed by atoms with Gasteiger partial charge in [-0.3, -0.25) is 0 Å². The first-order valence-corrected chi connectivity index (χ1v) is 7.23. The molecule has 1 heterocycles. The van der Waals surface area contributed by atoms with Gasteiger partial charge >= 0.3 is 0 Å². The van der Waals surface area contributed by atoms with Crippen LogP contribution in [-0.4, -0.2) is 4.98 Å². The Bertz CT molecular complexity index is 487. The maximum Gasteiger partial charge on any atom is 0.131 e. The van der Waals surface area contributed by atoms with Gasteiger partial charge in [0.15, 0.2) is 0 Å². The molecule has 2 aromatic rings. The van der Waals surface area contributed by atoms with Crippen LogP contribution in [0.5, 0.6) is 5.75 Å². The molecule has 0 saturated carbocycles. The lowest BCUT2D eigenvalue weighted by molar-refractivity contribution is 0.301. The molecule has 0 N–H and O–H groups in total. The molecule has 0 aliphatic heterocycles. The van der Waals surface area contributed by atoms with E-state index in [0.29, 0.717) is 12.5 Å². The third-order valence-corrected chi connectivity index (χ3v) is 3.98. The van der Waals surface area contributed by atoms with E-state index in [1.807, 2.05) is 12.1 Å². The molecule has 1 aromatic carbocycles. The minimum atomic E-state index is 0.493. The van der Waals surface area contributed by atoms with Crippen molar-refractivity contribution in [3.63, 3.8) is 0 Å². The van der Waals surface area contributed by atoms with Crippen LogP contribution in [0.2, 0.25) is 0 Å². The number of aryl methyl sites for hydroxylation is 1. The molecule has 0 fully saturated rings. The maximum atomic E-state index is 5.73. The second kappa shape index (κ2) is 6.01. The van der Waals surface area contributed by atoms with Gasteiger partial charge in [-0.05, 0) is 24.1 Å². The van der Waals surface area contributed by atoms with Gasteiger partial charge in [0.2, 0.25) is 0 Å². The van der Waals surface area contributed by atoms with Gasteiger partial charge in [0, 0.05) is 11.3 Å². The van der Waals surface area contributed by atoms with Crippen LogP contribution >= 0.6 is 11.3 Å². The molecule has 0 radical (unpaired) electrons. The fourth-order valence-corrected chi connectivity index (χ4v) is 2.45. The Hall–Kier alpha value is -1.35.